The SMILES string of the molecule is Cc1cc(C(=O)O)cc(Nc2ccc(C#N)cc2)n1. The summed E-state index contributed by atoms with van der Waals surface area (Å²) >= 11 is 0. The van der Waals surface area contributed by atoms with Crippen molar-refractivity contribution in [1.29, 1.82) is 5.26 Å². The molecule has 5 heteroatoms. The van der Waals surface area contributed by atoms with Crippen LogP contribution in [0.5, 0.6) is 0 Å². The van der Waals surface area contributed by atoms with Gasteiger partial charge in [-0.25, -0.2) is 9.78 Å². The third-order valence-electron chi connectivity index (χ3n) is 2.49. The first-order valence-electron chi connectivity index (χ1n) is 5.57. The summed E-state index contributed by atoms with van der Waals surface area (Å²) in [6.45, 7) is 1.73. The lowest BCUT2D eigenvalue weighted by molar-refractivity contribution is 0.0696. The van der Waals surface area contributed by atoms with E-state index in [0.717, 1.165) is 5.69 Å². The van der Waals surface area contributed by atoms with Gasteiger partial charge in [-0.1, -0.05) is 0 Å². The van der Waals surface area contributed by atoms with Crippen molar-refractivity contribution in [2.24, 2.45) is 0 Å². The molecule has 0 aliphatic rings. The average Bonchev–Trinajstić information content (AvgIpc) is 2.39. The standard InChI is InChI=1S/C14H11N3O2/c1-9-6-11(14(18)19)7-13(16-9)17-12-4-2-10(8-15)3-5-12/h2-7H,1H3,(H,16,17)(H,18,19). The lowest BCUT2D eigenvalue weighted by Gasteiger charge is -2.07. The number of hydrogen-bond donors (Lipinski definition) is 2. The number of benzene rings is 1. The van der Waals surface area contributed by atoms with Crippen molar-refractivity contribution in [2.75, 3.05) is 5.32 Å². The van der Waals surface area contributed by atoms with Crippen LogP contribution in [0.15, 0.2) is 36.4 Å². The molecule has 0 spiro atoms. The first-order valence-corrected chi connectivity index (χ1v) is 5.57. The summed E-state index contributed by atoms with van der Waals surface area (Å²) in [5.74, 6) is -0.532. The van der Waals surface area contributed by atoms with E-state index >= 15 is 0 Å². The topological polar surface area (TPSA) is 86.0 Å². The molecule has 2 aromatic rings. The van der Waals surface area contributed by atoms with Gasteiger partial charge in [-0.3, -0.25) is 0 Å². The number of nitrogens with one attached hydrogen (secondary N) is 1. The number of carboxylic acid groups (broad SMARTS) is 1. The van der Waals surface area contributed by atoms with Gasteiger partial charge in [0.2, 0.25) is 0 Å². The van der Waals surface area contributed by atoms with E-state index in [4.69, 9.17) is 10.4 Å². The number of pyridine rings is 1. The molecule has 0 aliphatic carbocycles. The molecular weight excluding hydrogens is 242 g/mol. The van der Waals surface area contributed by atoms with Crippen LogP contribution >= 0.6 is 0 Å². The number of aromatic nitrogens is 1. The molecule has 0 fully saturated rings. The fourth-order valence-electron chi connectivity index (χ4n) is 1.63. The fourth-order valence-corrected chi connectivity index (χ4v) is 1.63. The third-order valence-corrected chi connectivity index (χ3v) is 2.49. The number of anilines is 2. The van der Waals surface area contributed by atoms with E-state index in [-0.39, 0.29) is 5.56 Å². The summed E-state index contributed by atoms with van der Waals surface area (Å²) in [4.78, 5) is 15.2. The fraction of sp³-hybridized carbons (Fsp3) is 0.0714. The van der Waals surface area contributed by atoms with E-state index in [9.17, 15) is 4.79 Å². The Labute approximate surface area is 110 Å². The van der Waals surface area contributed by atoms with Crippen LogP contribution in [0.4, 0.5) is 11.5 Å². The van der Waals surface area contributed by atoms with Crippen LogP contribution in [0, 0.1) is 18.3 Å². The quantitative estimate of drug-likeness (QED) is 0.878. The smallest absolute Gasteiger partial charge is 0.335 e. The molecule has 0 saturated carbocycles. The Balaban J connectivity index is 2.27. The van der Waals surface area contributed by atoms with Crippen molar-refractivity contribution < 1.29 is 9.90 Å². The number of nitriles is 1. The molecule has 0 unspecified atom stereocenters. The minimum absolute atomic E-state index is 0.184. The minimum Gasteiger partial charge on any atom is -0.478 e. The molecule has 2 N–H and O–H groups in total. The summed E-state index contributed by atoms with van der Waals surface area (Å²) in [7, 11) is 0. The van der Waals surface area contributed by atoms with Crippen LogP contribution in [-0.2, 0) is 0 Å². The van der Waals surface area contributed by atoms with Crippen LogP contribution < -0.4 is 5.32 Å². The van der Waals surface area contributed by atoms with Crippen molar-refractivity contribution in [3.63, 3.8) is 0 Å². The summed E-state index contributed by atoms with van der Waals surface area (Å²) in [5.41, 5.74) is 2.11. The zero-order chi connectivity index (χ0) is 13.8. The summed E-state index contributed by atoms with van der Waals surface area (Å²) in [5, 5.41) is 20.7. The molecule has 19 heavy (non-hydrogen) atoms. The van der Waals surface area contributed by atoms with E-state index in [1.807, 2.05) is 6.07 Å². The maximum absolute atomic E-state index is 10.9. The van der Waals surface area contributed by atoms with Crippen LogP contribution in [0.3, 0.4) is 0 Å². The van der Waals surface area contributed by atoms with Gasteiger partial charge in [0.15, 0.2) is 0 Å². The molecular formula is C14H11N3O2. The number of carbonyl (C=O) groups is 1. The predicted octanol–water partition coefficient (Wildman–Crippen LogP) is 2.70. The maximum atomic E-state index is 10.9. The number of nitrogens with zero attached hydrogens (tertiary/aromatic N) is 2. The second-order valence-electron chi connectivity index (χ2n) is 4.00. The molecule has 0 saturated heterocycles. The zero-order valence-corrected chi connectivity index (χ0v) is 10.2. The maximum Gasteiger partial charge on any atom is 0.335 e. The summed E-state index contributed by atoms with van der Waals surface area (Å²) < 4.78 is 0. The molecule has 1 aromatic carbocycles. The van der Waals surface area contributed by atoms with E-state index in [0.29, 0.717) is 17.1 Å². The van der Waals surface area contributed by atoms with Gasteiger partial charge in [0, 0.05) is 11.4 Å². The normalized spacial score (nSPS) is 9.68. The zero-order valence-electron chi connectivity index (χ0n) is 10.2. The Morgan fingerprint density at radius 3 is 2.58 bits per heavy atom. The molecule has 5 nitrogen and oxygen atoms in total. The third kappa shape index (κ3) is 3.07. The summed E-state index contributed by atoms with van der Waals surface area (Å²) in [6.07, 6.45) is 0. The average molecular weight is 253 g/mol. The molecule has 0 aliphatic heterocycles. The highest BCUT2D eigenvalue weighted by atomic mass is 16.4. The molecule has 0 bridgehead atoms. The molecule has 2 rings (SSSR count). The molecule has 94 valence electrons. The van der Waals surface area contributed by atoms with E-state index in [2.05, 4.69) is 10.3 Å². The first kappa shape index (κ1) is 12.6. The Bertz CT molecular complexity index is 657. The highest BCUT2D eigenvalue weighted by Gasteiger charge is 2.06. The molecule has 0 radical (unpaired) electrons. The van der Waals surface area contributed by atoms with Crippen molar-refractivity contribution in [2.45, 2.75) is 6.92 Å². The molecule has 1 heterocycles. The lowest BCUT2D eigenvalue weighted by Crippen LogP contribution is -2.02. The van der Waals surface area contributed by atoms with Crippen molar-refractivity contribution in [1.82, 2.24) is 4.98 Å². The van der Waals surface area contributed by atoms with Gasteiger partial charge >= 0.3 is 5.97 Å². The number of aryl methyl sites for hydroxylation is 1. The van der Waals surface area contributed by atoms with Crippen LogP contribution in [0.25, 0.3) is 0 Å². The first-order chi connectivity index (χ1) is 9.08. The van der Waals surface area contributed by atoms with Crippen LogP contribution in [-0.4, -0.2) is 16.1 Å². The lowest BCUT2D eigenvalue weighted by atomic mass is 10.2. The highest BCUT2D eigenvalue weighted by molar-refractivity contribution is 5.88. The van der Waals surface area contributed by atoms with Gasteiger partial charge in [-0.15, -0.1) is 0 Å². The molecule has 0 amide bonds. The predicted molar refractivity (Wildman–Crippen MR) is 70.4 cm³/mol. The Hall–Kier alpha value is -2.87. The number of aromatic carboxylic acids is 1. The van der Waals surface area contributed by atoms with E-state index < -0.39 is 5.97 Å². The Morgan fingerprint density at radius 2 is 2.00 bits per heavy atom. The second kappa shape index (κ2) is 5.19. The van der Waals surface area contributed by atoms with Gasteiger partial charge in [-0.2, -0.15) is 5.26 Å². The van der Waals surface area contributed by atoms with Gasteiger partial charge in [0.05, 0.1) is 17.2 Å². The molecule has 0 atom stereocenters. The number of rotatable bonds is 3. The number of carboxylic acids is 1. The van der Waals surface area contributed by atoms with Gasteiger partial charge in [0.1, 0.15) is 5.82 Å². The monoisotopic (exact) mass is 253 g/mol. The Kier molecular flexibility index (Phi) is 3.44. The second-order valence-corrected chi connectivity index (χ2v) is 4.00. The summed E-state index contributed by atoms with van der Waals surface area (Å²) in [6, 6.07) is 11.8. The Morgan fingerprint density at radius 1 is 1.32 bits per heavy atom. The highest BCUT2D eigenvalue weighted by Crippen LogP contribution is 2.17. The largest absolute Gasteiger partial charge is 0.478 e. The van der Waals surface area contributed by atoms with Crippen molar-refractivity contribution >= 4 is 17.5 Å². The minimum atomic E-state index is -0.992. The number of hydrogen-bond acceptors (Lipinski definition) is 4. The van der Waals surface area contributed by atoms with Crippen molar-refractivity contribution in [3.05, 3.63) is 53.2 Å². The van der Waals surface area contributed by atoms with E-state index in [1.54, 1.807) is 31.2 Å². The van der Waals surface area contributed by atoms with Crippen LogP contribution in [0.2, 0.25) is 0 Å². The van der Waals surface area contributed by atoms with E-state index in [1.165, 1.54) is 12.1 Å². The van der Waals surface area contributed by atoms with Crippen molar-refractivity contribution in [3.8, 4) is 6.07 Å². The van der Waals surface area contributed by atoms with Crippen LogP contribution in [0.1, 0.15) is 21.6 Å². The molecule has 1 aromatic heterocycles. The van der Waals surface area contributed by atoms with Gasteiger partial charge in [0.25, 0.3) is 0 Å². The van der Waals surface area contributed by atoms with Gasteiger partial charge in [-0.05, 0) is 43.3 Å². The van der Waals surface area contributed by atoms with Gasteiger partial charge < -0.3 is 10.4 Å².